The number of aliphatic hydroxyl groups excluding tert-OH is 1. The number of ether oxygens (including phenoxy) is 4. The molecule has 6 nitrogen and oxygen atoms in total. The molecule has 4 rings (SSSR count). The van der Waals surface area contributed by atoms with Crippen LogP contribution in [0.3, 0.4) is 0 Å². The molecule has 28 heavy (non-hydrogen) atoms. The number of hydrogen-bond donors (Lipinski definition) is 1. The average Bonchev–Trinajstić information content (AvgIpc) is 2.59. The maximum atomic E-state index is 10.7. The van der Waals surface area contributed by atoms with Crippen LogP contribution >= 0.6 is 0 Å². The summed E-state index contributed by atoms with van der Waals surface area (Å²) >= 11 is 0. The second-order valence-corrected chi connectivity index (χ2v) is 9.25. The van der Waals surface area contributed by atoms with E-state index in [1.807, 2.05) is 20.8 Å². The van der Waals surface area contributed by atoms with Crippen LogP contribution in [0.5, 0.6) is 11.5 Å². The molecule has 3 heterocycles. The number of piperidine rings is 1. The quantitative estimate of drug-likeness (QED) is 0.833. The third kappa shape index (κ3) is 4.15. The Morgan fingerprint density at radius 2 is 2.00 bits per heavy atom. The zero-order chi connectivity index (χ0) is 19.9. The van der Waals surface area contributed by atoms with Gasteiger partial charge in [0.05, 0.1) is 44.7 Å². The molecule has 3 atom stereocenters. The lowest BCUT2D eigenvalue weighted by atomic mass is 9.84. The van der Waals surface area contributed by atoms with Crippen molar-refractivity contribution < 1.29 is 24.1 Å². The predicted molar refractivity (Wildman–Crippen MR) is 106 cm³/mol. The predicted octanol–water partition coefficient (Wildman–Crippen LogP) is 2.57. The van der Waals surface area contributed by atoms with Crippen molar-refractivity contribution in [2.45, 2.75) is 57.5 Å². The number of rotatable bonds is 5. The van der Waals surface area contributed by atoms with E-state index in [0.717, 1.165) is 44.2 Å². The lowest BCUT2D eigenvalue weighted by Crippen LogP contribution is -2.53. The van der Waals surface area contributed by atoms with E-state index in [-0.39, 0.29) is 17.7 Å². The monoisotopic (exact) mass is 391 g/mol. The number of nitrogens with zero attached hydrogens (tertiary/aromatic N) is 1. The Hall–Kier alpha value is -1.34. The highest BCUT2D eigenvalue weighted by atomic mass is 16.5. The minimum Gasteiger partial charge on any atom is -0.493 e. The Balaban J connectivity index is 1.52. The summed E-state index contributed by atoms with van der Waals surface area (Å²) in [5.41, 5.74) is 2.28. The van der Waals surface area contributed by atoms with Crippen molar-refractivity contribution >= 4 is 0 Å². The minimum absolute atomic E-state index is 0.146. The van der Waals surface area contributed by atoms with Crippen LogP contribution in [0.4, 0.5) is 0 Å². The molecule has 3 aliphatic rings. The van der Waals surface area contributed by atoms with Crippen molar-refractivity contribution in [2.24, 2.45) is 5.92 Å². The first-order valence-corrected chi connectivity index (χ1v) is 10.4. The van der Waals surface area contributed by atoms with E-state index in [0.29, 0.717) is 18.9 Å². The fraction of sp³-hybridized carbons (Fsp3) is 0.727. The van der Waals surface area contributed by atoms with Crippen LogP contribution in [-0.4, -0.2) is 67.8 Å². The molecule has 0 amide bonds. The number of methoxy groups -OCH3 is 1. The van der Waals surface area contributed by atoms with Gasteiger partial charge in [0.1, 0.15) is 0 Å². The van der Waals surface area contributed by atoms with Crippen molar-refractivity contribution in [3.8, 4) is 11.5 Å². The molecule has 2 saturated heterocycles. The molecule has 3 aliphatic heterocycles. The smallest absolute Gasteiger partial charge is 0.161 e. The van der Waals surface area contributed by atoms with E-state index >= 15 is 0 Å². The largest absolute Gasteiger partial charge is 0.493 e. The summed E-state index contributed by atoms with van der Waals surface area (Å²) in [6, 6.07) is 4.44. The molecule has 1 aromatic rings. The SMILES string of the molecule is COc1cc2c(cc1OCC1COC1)CCN1C[C@@H](OC(C)(C)C)[C@H](O)C[C@H]21. The van der Waals surface area contributed by atoms with Crippen molar-refractivity contribution in [1.29, 1.82) is 0 Å². The van der Waals surface area contributed by atoms with Gasteiger partial charge in [-0.2, -0.15) is 0 Å². The molecule has 1 N–H and O–H groups in total. The van der Waals surface area contributed by atoms with E-state index in [1.54, 1.807) is 7.11 Å². The lowest BCUT2D eigenvalue weighted by molar-refractivity contribution is -0.149. The summed E-state index contributed by atoms with van der Waals surface area (Å²) in [7, 11) is 1.69. The molecule has 0 aliphatic carbocycles. The zero-order valence-corrected chi connectivity index (χ0v) is 17.4. The molecule has 0 radical (unpaired) electrons. The van der Waals surface area contributed by atoms with Gasteiger partial charge in [-0.1, -0.05) is 0 Å². The highest BCUT2D eigenvalue weighted by Crippen LogP contribution is 2.42. The van der Waals surface area contributed by atoms with Gasteiger partial charge >= 0.3 is 0 Å². The first kappa shape index (κ1) is 20.0. The van der Waals surface area contributed by atoms with Crippen molar-refractivity contribution in [2.75, 3.05) is 40.0 Å². The normalized spacial score (nSPS) is 28.2. The molecular formula is C22H33NO5. The molecule has 0 unspecified atom stereocenters. The first-order chi connectivity index (χ1) is 13.3. The Kier molecular flexibility index (Phi) is 5.58. The number of aliphatic hydroxyl groups is 1. The third-order valence-electron chi connectivity index (χ3n) is 5.89. The second-order valence-electron chi connectivity index (χ2n) is 9.25. The number of fused-ring (bicyclic) bond motifs is 3. The molecule has 1 aromatic carbocycles. The van der Waals surface area contributed by atoms with Gasteiger partial charge in [-0.3, -0.25) is 4.90 Å². The van der Waals surface area contributed by atoms with Gasteiger partial charge in [0.15, 0.2) is 11.5 Å². The molecule has 0 aromatic heterocycles. The minimum atomic E-state index is -0.466. The highest BCUT2D eigenvalue weighted by molar-refractivity contribution is 5.49. The lowest BCUT2D eigenvalue weighted by Gasteiger charge is -2.46. The van der Waals surface area contributed by atoms with Crippen LogP contribution in [0.15, 0.2) is 12.1 Å². The van der Waals surface area contributed by atoms with Crippen LogP contribution in [0.1, 0.15) is 44.4 Å². The topological polar surface area (TPSA) is 60.4 Å². The Bertz CT molecular complexity index is 697. The van der Waals surface area contributed by atoms with Crippen LogP contribution in [-0.2, 0) is 15.9 Å². The van der Waals surface area contributed by atoms with Crippen molar-refractivity contribution in [3.63, 3.8) is 0 Å². The van der Waals surface area contributed by atoms with Gasteiger partial charge in [0.25, 0.3) is 0 Å². The maximum Gasteiger partial charge on any atom is 0.161 e. The molecule has 0 bridgehead atoms. The summed E-state index contributed by atoms with van der Waals surface area (Å²) < 4.78 is 23.0. The molecule has 2 fully saturated rings. The Morgan fingerprint density at radius 1 is 1.21 bits per heavy atom. The average molecular weight is 392 g/mol. The summed E-state index contributed by atoms with van der Waals surface area (Å²) in [5.74, 6) is 2.06. The van der Waals surface area contributed by atoms with Crippen molar-refractivity contribution in [3.05, 3.63) is 23.3 Å². The maximum absolute atomic E-state index is 10.7. The van der Waals surface area contributed by atoms with Crippen LogP contribution < -0.4 is 9.47 Å². The molecular weight excluding hydrogens is 358 g/mol. The van der Waals surface area contributed by atoms with Crippen LogP contribution in [0.2, 0.25) is 0 Å². The first-order valence-electron chi connectivity index (χ1n) is 10.4. The number of benzene rings is 1. The van der Waals surface area contributed by atoms with E-state index < -0.39 is 6.10 Å². The van der Waals surface area contributed by atoms with Crippen LogP contribution in [0.25, 0.3) is 0 Å². The van der Waals surface area contributed by atoms with Gasteiger partial charge in [-0.15, -0.1) is 0 Å². The highest BCUT2D eigenvalue weighted by Gasteiger charge is 2.40. The van der Waals surface area contributed by atoms with E-state index in [9.17, 15) is 5.11 Å². The molecule has 156 valence electrons. The fourth-order valence-corrected chi connectivity index (χ4v) is 4.42. The van der Waals surface area contributed by atoms with Gasteiger partial charge in [-0.25, -0.2) is 0 Å². The van der Waals surface area contributed by atoms with Gasteiger partial charge < -0.3 is 24.1 Å². The fourth-order valence-electron chi connectivity index (χ4n) is 4.42. The van der Waals surface area contributed by atoms with E-state index in [2.05, 4.69) is 17.0 Å². The van der Waals surface area contributed by atoms with E-state index in [4.69, 9.17) is 18.9 Å². The zero-order valence-electron chi connectivity index (χ0n) is 17.4. The number of hydrogen-bond acceptors (Lipinski definition) is 6. The summed E-state index contributed by atoms with van der Waals surface area (Å²) in [6.45, 7) is 10.1. The second kappa shape index (κ2) is 7.82. The summed E-state index contributed by atoms with van der Waals surface area (Å²) in [6.07, 6.45) is 1.03. The van der Waals surface area contributed by atoms with Gasteiger partial charge in [0, 0.05) is 25.0 Å². The molecule has 0 saturated carbocycles. The molecule has 0 spiro atoms. The molecule has 6 heteroatoms. The van der Waals surface area contributed by atoms with Gasteiger partial charge in [-0.05, 0) is 56.9 Å². The van der Waals surface area contributed by atoms with Gasteiger partial charge in [0.2, 0.25) is 0 Å². The third-order valence-corrected chi connectivity index (χ3v) is 5.89. The Labute approximate surface area is 167 Å². The summed E-state index contributed by atoms with van der Waals surface area (Å²) in [5, 5.41) is 10.7. The van der Waals surface area contributed by atoms with Crippen molar-refractivity contribution in [1.82, 2.24) is 4.90 Å². The Morgan fingerprint density at radius 3 is 2.64 bits per heavy atom. The standard InChI is InChI=1S/C22H33NO5/c1-22(2,3)28-21-10-23-6-5-15-7-20(27-13-14-11-26-12-14)19(25-4)8-16(15)17(23)9-18(21)24/h7-8,14,17-18,21,24H,5-6,9-13H2,1-4H3/t17-,18-,21-/m1/s1. The van der Waals surface area contributed by atoms with E-state index in [1.165, 1.54) is 11.1 Å². The summed E-state index contributed by atoms with van der Waals surface area (Å²) in [4.78, 5) is 2.44. The van der Waals surface area contributed by atoms with Crippen LogP contribution in [0, 0.1) is 5.92 Å².